The van der Waals surface area contributed by atoms with Crippen molar-refractivity contribution in [3.63, 3.8) is 0 Å². The summed E-state index contributed by atoms with van der Waals surface area (Å²) >= 11 is 0. The smallest absolute Gasteiger partial charge is 0.412 e. The van der Waals surface area contributed by atoms with E-state index in [1.165, 1.54) is 64.8 Å². The predicted molar refractivity (Wildman–Crippen MR) is 569 cm³/mol. The first-order valence-corrected chi connectivity index (χ1v) is 47.6. The molecule has 0 unspecified atom stereocenters. The third-order valence-electron chi connectivity index (χ3n) is 24.6. The lowest BCUT2D eigenvalue weighted by Crippen LogP contribution is -2.11. The molecule has 0 saturated heterocycles. The predicted octanol–water partition coefficient (Wildman–Crippen LogP) is 17.2. The average Bonchev–Trinajstić information content (AvgIpc) is 1.63. The summed E-state index contributed by atoms with van der Waals surface area (Å²) in [6, 6.07) is 35.4. The van der Waals surface area contributed by atoms with Gasteiger partial charge >= 0.3 is 6.09 Å². The highest BCUT2D eigenvalue weighted by Crippen LogP contribution is 2.44. The summed E-state index contributed by atoms with van der Waals surface area (Å²) in [5.41, 5.74) is 59.7. The number of nitrogens with one attached hydrogen (secondary N) is 5. The molecule has 18 heterocycles. The van der Waals surface area contributed by atoms with Crippen LogP contribution in [0.3, 0.4) is 0 Å². The van der Waals surface area contributed by atoms with Crippen LogP contribution >= 0.6 is 0 Å². The van der Waals surface area contributed by atoms with Gasteiger partial charge in [-0.3, -0.25) is 10.1 Å². The summed E-state index contributed by atoms with van der Waals surface area (Å²) < 4.78 is 47.7. The molecule has 6 aromatic carbocycles. The first-order chi connectivity index (χ1) is 72.3. The molecule has 1 aliphatic rings. The van der Waals surface area contributed by atoms with Crippen molar-refractivity contribution < 1.29 is 41.5 Å². The maximum absolute atomic E-state index is 11.5. The Balaban J connectivity index is 0.000000109. The topological polar surface area (TPSA) is 703 Å². The van der Waals surface area contributed by atoms with E-state index in [2.05, 4.69) is 165 Å². The molecule has 0 radical (unpaired) electrons. The highest BCUT2D eigenvalue weighted by atomic mass is 16.5. The highest BCUT2D eigenvalue weighted by Gasteiger charge is 2.30. The lowest BCUT2D eigenvalue weighted by Gasteiger charge is -2.05. The monoisotopic (exact) mass is 2020 g/mol. The van der Waals surface area contributed by atoms with Crippen LogP contribution in [-0.4, -0.2) is 189 Å². The van der Waals surface area contributed by atoms with E-state index in [0.717, 1.165) is 116 Å². The molecule has 1 saturated carbocycles. The largest absolute Gasteiger partial charge is 0.453 e. The summed E-state index contributed by atoms with van der Waals surface area (Å²) in [6.45, 7) is 25.9. The van der Waals surface area contributed by atoms with Gasteiger partial charge in [-0.05, 0) is 181 Å². The van der Waals surface area contributed by atoms with E-state index in [-0.39, 0.29) is 48.0 Å². The van der Waals surface area contributed by atoms with Gasteiger partial charge in [0.2, 0.25) is 5.91 Å². The van der Waals surface area contributed by atoms with Gasteiger partial charge in [0.05, 0.1) is 71.7 Å². The summed E-state index contributed by atoms with van der Waals surface area (Å²) in [6.07, 6.45) is 10.4. The number of benzene rings is 6. The van der Waals surface area contributed by atoms with E-state index in [4.69, 9.17) is 82.6 Å². The number of aromatic nitrogens is 30. The number of rotatable bonds is 18. The maximum Gasteiger partial charge on any atom is 0.412 e. The van der Waals surface area contributed by atoms with Crippen LogP contribution in [0.2, 0.25) is 0 Å². The molecule has 51 nitrogen and oxygen atoms in total. The Morgan fingerprint density at radius 3 is 0.847 bits per heavy atom. The molecular formula is C99H102N42O9. The molecule has 0 bridgehead atoms. The van der Waals surface area contributed by atoms with Gasteiger partial charge in [-0.15, -0.1) is 0 Å². The molecule has 51 heteroatoms. The second-order valence-corrected chi connectivity index (χ2v) is 36.8. The van der Waals surface area contributed by atoms with Gasteiger partial charge < -0.3 is 93.3 Å². The molecular weight excluding hydrogens is 1920 g/mol. The van der Waals surface area contributed by atoms with Crippen LogP contribution < -0.4 is 66.7 Å². The number of anilines is 12. The Kier molecular flexibility index (Phi) is 25.8. The minimum atomic E-state index is -0.636. The van der Waals surface area contributed by atoms with Crippen LogP contribution in [0.15, 0.2) is 174 Å². The molecule has 0 spiro atoms. The number of carbonyl (C=O) groups excluding carboxylic acids is 2. The summed E-state index contributed by atoms with van der Waals surface area (Å²) in [4.78, 5) is 73.5. The summed E-state index contributed by atoms with van der Waals surface area (Å²) in [5, 5.41) is 75.7. The standard InChI is InChI=1S/C18H19N7O.C17H17N7O3.C17H17N7O2.2C16H17N7O.C15H15N7O/c1-9(2)25-18-14(16(19)20-8-21-18)15(23-25)10-3-6-12-13(7-10)26-24-17(12)22-11-4-5-11;1-8(2)24-16-12(14(18)19-7-20-16)13(22-24)9-4-5-11-10(6-9)15(23-27-11)21-17(25)26-3;1-8(2)24-17-13(15(18)19-7-20-17)14(22-24)10-4-5-11-12(6-10)26-23-16(11)21-9(3)25;1-8(2)23-16-12(14(17)19-7-20-16)13(21-23)9-4-5-11-10(6-9)15(18-3)22-24-11;1-8(2)23-16-12(14(17)19-7-20-16)13(21-23)9-4-5-10-11(6-9)24-22-15(10)18-3;1-7(2)22-15-11(14(17)18-6-19-15)12(20-22)8-3-4-9-10(5-8)23-21-13(9)16/h3,6-9,11H,4-5H2,1-2H3,(H,22,24)(H2,19,20,21);4-8H,1-3H3,(H2,18,19,20)(H,21,23,25);4-8H,1-3H3,(H2,18,19,20)(H,21,23,25);2*4-8H,1-3H3,(H,18,22)(H2,17,19,20);3-7H,1-2H3,(H2,16,21)(H2,17,18,19). The lowest BCUT2D eigenvalue weighted by atomic mass is 10.1. The zero-order valence-electron chi connectivity index (χ0n) is 83.9. The van der Waals surface area contributed by atoms with Gasteiger partial charge in [-0.25, -0.2) is 92.7 Å². The Bertz CT molecular complexity index is 9280. The molecule has 762 valence electrons. The van der Waals surface area contributed by atoms with Crippen molar-refractivity contribution in [1.82, 2.24) is 149 Å². The molecule has 25 rings (SSSR count). The van der Waals surface area contributed by atoms with Crippen molar-refractivity contribution in [3.05, 3.63) is 147 Å². The number of hydrogen-bond acceptors (Lipinski definition) is 43. The van der Waals surface area contributed by atoms with Gasteiger partial charge in [0.15, 0.2) is 102 Å². The van der Waals surface area contributed by atoms with Crippen LogP contribution in [0.1, 0.15) is 139 Å². The second-order valence-electron chi connectivity index (χ2n) is 36.8. The molecule has 0 atom stereocenters. The Morgan fingerprint density at radius 2 is 0.547 bits per heavy atom. The van der Waals surface area contributed by atoms with Crippen molar-refractivity contribution >= 4 is 214 Å². The van der Waals surface area contributed by atoms with Crippen LogP contribution in [0, 0.1) is 0 Å². The zero-order chi connectivity index (χ0) is 105. The molecule has 18 aromatic heterocycles. The SMILES string of the molecule is CC(=O)Nc1noc2cc(-c3nn(C(C)C)c4ncnc(N)c34)ccc12.CC(C)n1nc(-c2ccc3c(N)noc3c2)c2c(N)ncnc21.CC(C)n1nc(-c2ccc3c(NC4CC4)noc3c2)c2c(N)ncnc21.CNc1noc2cc(-c3nn(C(C)C)c4ncnc(N)c34)ccc12.CNc1noc2ccc(-c3nn(C(C)C)c4ncnc(N)c34)cc12.COC(=O)Nc1noc2ccc(-c3nn(C(C)C)c4ncnc(N)c34)cc12. The van der Waals surface area contributed by atoms with E-state index in [1.54, 1.807) is 24.8 Å². The third kappa shape index (κ3) is 18.2. The normalized spacial score (nSPS) is 12.1. The molecule has 19 N–H and O–H groups in total. The molecule has 1 fully saturated rings. The quantitative estimate of drug-likeness (QED) is 0.0379. The molecule has 1 aliphatic carbocycles. The van der Waals surface area contributed by atoms with Gasteiger partial charge in [0.25, 0.3) is 0 Å². The number of carbonyl (C=O) groups is 2. The summed E-state index contributed by atoms with van der Waals surface area (Å²) in [7, 11) is 4.89. The van der Waals surface area contributed by atoms with Crippen molar-refractivity contribution in [2.45, 2.75) is 145 Å². The maximum atomic E-state index is 11.5. The second kappa shape index (κ2) is 39.7. The number of ether oxygens (including phenoxy) is 1. The number of amides is 2. The van der Waals surface area contributed by atoms with Gasteiger partial charge in [0.1, 0.15) is 107 Å². The van der Waals surface area contributed by atoms with Crippen LogP contribution in [0.4, 0.5) is 74.6 Å². The third-order valence-corrected chi connectivity index (χ3v) is 24.6. The van der Waals surface area contributed by atoms with Crippen molar-refractivity contribution in [2.24, 2.45) is 0 Å². The highest BCUT2D eigenvalue weighted by molar-refractivity contribution is 6.09. The molecule has 24 aromatic rings. The van der Waals surface area contributed by atoms with E-state index < -0.39 is 6.09 Å². The van der Waals surface area contributed by atoms with E-state index in [1.807, 2.05) is 182 Å². The van der Waals surface area contributed by atoms with Gasteiger partial charge in [-0.2, -0.15) is 30.6 Å². The molecule has 150 heavy (non-hydrogen) atoms. The minimum absolute atomic E-state index is 0.0893. The zero-order valence-corrected chi connectivity index (χ0v) is 83.9. The Labute approximate surface area is 848 Å². The molecule has 2 amide bonds. The van der Waals surface area contributed by atoms with Crippen molar-refractivity contribution in [1.29, 1.82) is 0 Å². The van der Waals surface area contributed by atoms with Crippen LogP contribution in [0.5, 0.6) is 0 Å². The number of nitrogens with zero attached hydrogens (tertiary/aromatic N) is 30. The van der Waals surface area contributed by atoms with Crippen LogP contribution in [0.25, 0.3) is 200 Å². The fourth-order valence-corrected chi connectivity index (χ4v) is 17.3. The Morgan fingerprint density at radius 1 is 0.300 bits per heavy atom. The number of hydrogen-bond donors (Lipinski definition) is 12. The molecule has 0 aliphatic heterocycles. The van der Waals surface area contributed by atoms with Crippen LogP contribution in [-0.2, 0) is 9.53 Å². The first kappa shape index (κ1) is 97.6. The van der Waals surface area contributed by atoms with E-state index >= 15 is 0 Å². The van der Waals surface area contributed by atoms with Gasteiger partial charge in [0, 0.05) is 96.7 Å². The van der Waals surface area contributed by atoms with Crippen molar-refractivity contribution in [2.75, 3.05) is 87.9 Å². The average molecular weight is 2020 g/mol. The van der Waals surface area contributed by atoms with E-state index in [9.17, 15) is 9.59 Å². The fourth-order valence-electron chi connectivity index (χ4n) is 17.3. The Hall–Kier alpha value is -19.8. The lowest BCUT2D eigenvalue weighted by molar-refractivity contribution is -0.114. The minimum Gasteiger partial charge on any atom is -0.453 e. The number of nitrogen functional groups attached to an aromatic ring is 7. The number of fused-ring (bicyclic) bond motifs is 12. The number of nitrogens with two attached hydrogens (primary N) is 7. The number of methoxy groups -OCH3 is 1. The summed E-state index contributed by atoms with van der Waals surface area (Å²) in [5.74, 6) is 5.36. The first-order valence-electron chi connectivity index (χ1n) is 47.6. The van der Waals surface area contributed by atoms with Crippen molar-refractivity contribution in [3.8, 4) is 67.5 Å². The van der Waals surface area contributed by atoms with E-state index in [0.29, 0.717) is 153 Å². The fraction of sp³-hybridized carbons (Fsp3) is 0.253. The van der Waals surface area contributed by atoms with Gasteiger partial charge in [-0.1, -0.05) is 55.2 Å².